The molecule has 0 saturated heterocycles. The van der Waals surface area contributed by atoms with E-state index in [9.17, 15) is 0 Å². The average molecular weight is 265 g/mol. The highest BCUT2D eigenvalue weighted by Gasteiger charge is 2.29. The molecule has 0 bridgehead atoms. The number of nitrogens with one attached hydrogen (secondary N) is 1. The Morgan fingerprint density at radius 2 is 1.42 bits per heavy atom. The third-order valence-corrected chi connectivity index (χ3v) is 5.78. The molecule has 0 aliphatic heterocycles. The molecular formula is C18H35N. The smallest absolute Gasteiger partial charge is 0.00673 e. The van der Waals surface area contributed by atoms with Crippen molar-refractivity contribution in [2.24, 2.45) is 23.2 Å². The zero-order chi connectivity index (χ0) is 13.9. The van der Waals surface area contributed by atoms with Gasteiger partial charge in [-0.1, -0.05) is 27.7 Å². The van der Waals surface area contributed by atoms with Crippen molar-refractivity contribution >= 4 is 0 Å². The summed E-state index contributed by atoms with van der Waals surface area (Å²) in [7, 11) is 0. The lowest BCUT2D eigenvalue weighted by Crippen LogP contribution is -2.37. The molecule has 112 valence electrons. The fourth-order valence-corrected chi connectivity index (χ4v) is 4.03. The van der Waals surface area contributed by atoms with E-state index in [-0.39, 0.29) is 0 Å². The third kappa shape index (κ3) is 4.77. The van der Waals surface area contributed by atoms with E-state index in [1.165, 1.54) is 57.9 Å². The molecule has 0 unspecified atom stereocenters. The first-order valence-electron chi connectivity index (χ1n) is 8.68. The summed E-state index contributed by atoms with van der Waals surface area (Å²) in [4.78, 5) is 0. The lowest BCUT2D eigenvalue weighted by molar-refractivity contribution is 0.146. The Morgan fingerprint density at radius 3 is 1.95 bits per heavy atom. The van der Waals surface area contributed by atoms with Crippen LogP contribution < -0.4 is 5.32 Å². The predicted molar refractivity (Wildman–Crippen MR) is 84.3 cm³/mol. The highest BCUT2D eigenvalue weighted by Crippen LogP contribution is 2.39. The molecule has 0 radical (unpaired) electrons. The van der Waals surface area contributed by atoms with Gasteiger partial charge >= 0.3 is 0 Å². The Kier molecular flexibility index (Phi) is 5.34. The lowest BCUT2D eigenvalue weighted by Gasteiger charge is -2.37. The van der Waals surface area contributed by atoms with Crippen molar-refractivity contribution in [1.29, 1.82) is 0 Å². The molecule has 2 aliphatic rings. The first-order chi connectivity index (χ1) is 8.95. The molecule has 1 nitrogen and oxygen atoms in total. The molecule has 0 atom stereocenters. The van der Waals surface area contributed by atoms with E-state index < -0.39 is 0 Å². The molecular weight excluding hydrogens is 230 g/mol. The van der Waals surface area contributed by atoms with Crippen LogP contribution >= 0.6 is 0 Å². The Bertz CT molecular complexity index is 249. The van der Waals surface area contributed by atoms with Gasteiger partial charge < -0.3 is 5.32 Å². The van der Waals surface area contributed by atoms with Gasteiger partial charge in [0, 0.05) is 6.04 Å². The maximum Gasteiger partial charge on any atom is 0.00673 e. The molecule has 1 N–H and O–H groups in total. The minimum atomic E-state index is 0.526. The van der Waals surface area contributed by atoms with Crippen molar-refractivity contribution in [3.05, 3.63) is 0 Å². The van der Waals surface area contributed by atoms with Gasteiger partial charge in [-0.3, -0.25) is 0 Å². The average Bonchev–Trinajstić information content (AvgIpc) is 2.37. The summed E-state index contributed by atoms with van der Waals surface area (Å²) in [6.45, 7) is 10.9. The summed E-state index contributed by atoms with van der Waals surface area (Å²) in [6, 6.07) is 0.830. The zero-order valence-electron chi connectivity index (χ0n) is 13.7. The van der Waals surface area contributed by atoms with Crippen LogP contribution in [0.3, 0.4) is 0 Å². The molecule has 0 aromatic rings. The first kappa shape index (κ1) is 15.4. The van der Waals surface area contributed by atoms with Gasteiger partial charge in [0.15, 0.2) is 0 Å². The lowest BCUT2D eigenvalue weighted by atomic mass is 9.70. The molecule has 2 aliphatic carbocycles. The van der Waals surface area contributed by atoms with Crippen LogP contribution in [0.2, 0.25) is 0 Å². The Labute approximate surface area is 120 Å². The maximum absolute atomic E-state index is 3.87. The molecule has 0 heterocycles. The minimum Gasteiger partial charge on any atom is -0.314 e. The molecule has 1 heteroatoms. The molecule has 2 rings (SSSR count). The van der Waals surface area contributed by atoms with Gasteiger partial charge in [-0.2, -0.15) is 0 Å². The van der Waals surface area contributed by atoms with E-state index in [4.69, 9.17) is 0 Å². The summed E-state index contributed by atoms with van der Waals surface area (Å²) in [5.74, 6) is 2.89. The van der Waals surface area contributed by atoms with Gasteiger partial charge in [-0.25, -0.2) is 0 Å². The molecule has 2 fully saturated rings. The number of hydrogen-bond donors (Lipinski definition) is 1. The topological polar surface area (TPSA) is 12.0 Å². The Balaban J connectivity index is 1.63. The fraction of sp³-hybridized carbons (Fsp3) is 1.00. The zero-order valence-corrected chi connectivity index (χ0v) is 13.7. The largest absolute Gasteiger partial charge is 0.314 e. The summed E-state index contributed by atoms with van der Waals surface area (Å²) >= 11 is 0. The minimum absolute atomic E-state index is 0.526. The van der Waals surface area contributed by atoms with Crippen molar-refractivity contribution in [3.63, 3.8) is 0 Å². The second kappa shape index (κ2) is 6.61. The Hall–Kier alpha value is -0.0400. The van der Waals surface area contributed by atoms with Crippen LogP contribution in [0.15, 0.2) is 0 Å². The highest BCUT2D eigenvalue weighted by atomic mass is 14.9. The van der Waals surface area contributed by atoms with Crippen molar-refractivity contribution in [3.8, 4) is 0 Å². The van der Waals surface area contributed by atoms with E-state index in [0.29, 0.717) is 5.41 Å². The van der Waals surface area contributed by atoms with E-state index >= 15 is 0 Å². The second-order valence-corrected chi connectivity index (χ2v) is 8.45. The van der Waals surface area contributed by atoms with Gasteiger partial charge in [0.1, 0.15) is 0 Å². The van der Waals surface area contributed by atoms with Gasteiger partial charge in [-0.15, -0.1) is 0 Å². The Morgan fingerprint density at radius 1 is 0.842 bits per heavy atom. The van der Waals surface area contributed by atoms with E-state index in [1.807, 2.05) is 0 Å². The maximum atomic E-state index is 3.87. The van der Waals surface area contributed by atoms with Crippen LogP contribution in [-0.2, 0) is 0 Å². The van der Waals surface area contributed by atoms with Crippen LogP contribution in [0.5, 0.6) is 0 Å². The van der Waals surface area contributed by atoms with Gasteiger partial charge in [-0.05, 0) is 81.1 Å². The van der Waals surface area contributed by atoms with Gasteiger partial charge in [0.05, 0.1) is 0 Å². The van der Waals surface area contributed by atoms with Crippen molar-refractivity contribution in [2.45, 2.75) is 85.1 Å². The van der Waals surface area contributed by atoms with Crippen LogP contribution in [0.1, 0.15) is 79.1 Å². The molecule has 0 aromatic carbocycles. The molecule has 0 amide bonds. The highest BCUT2D eigenvalue weighted by molar-refractivity contribution is 4.82. The molecule has 19 heavy (non-hydrogen) atoms. The summed E-state index contributed by atoms with van der Waals surface area (Å²) < 4.78 is 0. The van der Waals surface area contributed by atoms with Gasteiger partial charge in [0.25, 0.3) is 0 Å². The molecule has 0 spiro atoms. The molecule has 0 aromatic heterocycles. The van der Waals surface area contributed by atoms with E-state index in [2.05, 4.69) is 33.0 Å². The standard InChI is InChI=1S/C18H35N/c1-14-5-11-17(12-6-14)19-13-15-7-9-16(10-8-15)18(2,3)4/h14-17,19H,5-13H2,1-4H3. The number of rotatable bonds is 3. The second-order valence-electron chi connectivity index (χ2n) is 8.45. The first-order valence-corrected chi connectivity index (χ1v) is 8.68. The van der Waals surface area contributed by atoms with Crippen LogP contribution in [0.4, 0.5) is 0 Å². The van der Waals surface area contributed by atoms with Crippen molar-refractivity contribution in [2.75, 3.05) is 6.54 Å². The third-order valence-electron chi connectivity index (χ3n) is 5.78. The predicted octanol–water partition coefficient (Wildman–Crippen LogP) is 5.01. The molecule has 2 saturated carbocycles. The van der Waals surface area contributed by atoms with Crippen LogP contribution in [0.25, 0.3) is 0 Å². The van der Waals surface area contributed by atoms with Crippen molar-refractivity contribution in [1.82, 2.24) is 5.32 Å². The quantitative estimate of drug-likeness (QED) is 0.756. The monoisotopic (exact) mass is 265 g/mol. The van der Waals surface area contributed by atoms with Crippen molar-refractivity contribution < 1.29 is 0 Å². The van der Waals surface area contributed by atoms with E-state index in [1.54, 1.807) is 0 Å². The van der Waals surface area contributed by atoms with Crippen LogP contribution in [0, 0.1) is 23.2 Å². The SMILES string of the molecule is CC1CCC(NCC2CCC(C(C)(C)C)CC2)CC1. The number of hydrogen-bond acceptors (Lipinski definition) is 1. The summed E-state index contributed by atoms with van der Waals surface area (Å²) in [5, 5.41) is 3.87. The van der Waals surface area contributed by atoms with Gasteiger partial charge in [0.2, 0.25) is 0 Å². The fourth-order valence-electron chi connectivity index (χ4n) is 4.03. The normalized spacial score (nSPS) is 37.3. The van der Waals surface area contributed by atoms with Crippen LogP contribution in [-0.4, -0.2) is 12.6 Å². The summed E-state index contributed by atoms with van der Waals surface area (Å²) in [5.41, 5.74) is 0.526. The summed E-state index contributed by atoms with van der Waals surface area (Å²) in [6.07, 6.45) is 11.5. The van der Waals surface area contributed by atoms with E-state index in [0.717, 1.165) is 23.8 Å².